The third-order valence-corrected chi connectivity index (χ3v) is 9.68. The molecule has 1 aliphatic rings. The van der Waals surface area contributed by atoms with Crippen LogP contribution in [0, 0.1) is 0 Å². The number of rotatable bonds is 37. The Hall–Kier alpha value is -1.11. The number of fused-ring (bicyclic) bond motifs is 1. The van der Waals surface area contributed by atoms with E-state index < -0.39 is 24.7 Å². The Morgan fingerprint density at radius 1 is 0.592 bits per heavy atom. The molecule has 0 aliphatic carbocycles. The van der Waals surface area contributed by atoms with Crippen LogP contribution in [0.2, 0.25) is 0 Å². The summed E-state index contributed by atoms with van der Waals surface area (Å²) in [6.07, 6.45) is 25.7. The van der Waals surface area contributed by atoms with Crippen LogP contribution < -0.4 is 8.06 Å². The predicted molar refractivity (Wildman–Crippen MR) is 187 cm³/mol. The summed E-state index contributed by atoms with van der Waals surface area (Å²) in [6, 6.07) is 1.57. The number of phenolic OH excluding ortho intramolecular Hbond substituents is 1. The zero-order chi connectivity index (χ0) is 35.2. The van der Waals surface area contributed by atoms with Gasteiger partial charge in [0.05, 0.1) is 0 Å². The average Bonchev–Trinajstić information content (AvgIpc) is 3.87. The van der Waals surface area contributed by atoms with Gasteiger partial charge < -0.3 is 14.6 Å². The van der Waals surface area contributed by atoms with Gasteiger partial charge in [-0.15, -0.1) is 0 Å². The van der Waals surface area contributed by atoms with Crippen LogP contribution in [0.4, 0.5) is 0 Å². The van der Waals surface area contributed by atoms with Gasteiger partial charge in [0, 0.05) is 33.0 Å². The van der Waals surface area contributed by atoms with Crippen molar-refractivity contribution in [3.8, 4) is 23.0 Å². The summed E-state index contributed by atoms with van der Waals surface area (Å²) in [5.41, 5.74) is 0.409. The topological polar surface area (TPSA) is 147 Å². The third-order valence-electron chi connectivity index (χ3n) is 9.06. The molecule has 0 spiro atoms. The number of aromatic hydroxyl groups is 1. The Bertz CT molecular complexity index is 963. The van der Waals surface area contributed by atoms with Crippen molar-refractivity contribution in [2.75, 3.05) is 46.2 Å². The number of ether oxygens (including phenoxy) is 4. The first-order valence-corrected chi connectivity index (χ1v) is 21.5. The summed E-state index contributed by atoms with van der Waals surface area (Å²) in [7, 11) is 0. The molecule has 0 radical (unpaired) electrons. The van der Waals surface area contributed by atoms with Crippen molar-refractivity contribution in [3.05, 3.63) is 11.6 Å². The van der Waals surface area contributed by atoms with Crippen LogP contribution in [0.1, 0.15) is 166 Å². The van der Waals surface area contributed by atoms with Gasteiger partial charge in [0.1, 0.15) is 0 Å². The van der Waals surface area contributed by atoms with E-state index in [9.17, 15) is 12.1 Å². The van der Waals surface area contributed by atoms with Crippen LogP contribution in [-0.4, -0.2) is 65.3 Å². The van der Waals surface area contributed by atoms with Gasteiger partial charge in [-0.1, -0.05) is 51.4 Å². The van der Waals surface area contributed by atoms with Gasteiger partial charge >= 0.3 is 180 Å². The van der Waals surface area contributed by atoms with Crippen molar-refractivity contribution in [2.24, 2.45) is 0 Å². The van der Waals surface area contributed by atoms with E-state index in [0.717, 1.165) is 116 Å². The number of phenols is 1. The van der Waals surface area contributed by atoms with E-state index in [-0.39, 0.29) is 18.1 Å². The second-order valence-electron chi connectivity index (χ2n) is 13.4. The number of unbranched alkanes of at least 4 members (excludes halogenated alkanes) is 19. The van der Waals surface area contributed by atoms with Gasteiger partial charge in [0.15, 0.2) is 0 Å². The van der Waals surface area contributed by atoms with Gasteiger partial charge in [-0.3, -0.25) is 0 Å². The fourth-order valence-corrected chi connectivity index (χ4v) is 6.69. The van der Waals surface area contributed by atoms with Crippen molar-refractivity contribution < 1.29 is 63.2 Å². The summed E-state index contributed by atoms with van der Waals surface area (Å²) < 4.78 is 49.5. The van der Waals surface area contributed by atoms with E-state index in [1.165, 1.54) is 57.8 Å². The second-order valence-corrected chi connectivity index (χ2v) is 14.5. The van der Waals surface area contributed by atoms with E-state index in [2.05, 4.69) is 0 Å². The van der Waals surface area contributed by atoms with E-state index in [1.807, 2.05) is 0 Å². The molecule has 1 aromatic rings. The number of hydrogen-bond acceptors (Lipinski definition) is 9. The van der Waals surface area contributed by atoms with Crippen LogP contribution in [0.15, 0.2) is 6.07 Å². The molecule has 0 saturated carbocycles. The monoisotopic (exact) mass is 732 g/mol. The summed E-state index contributed by atoms with van der Waals surface area (Å²) in [4.78, 5) is 0. The van der Waals surface area contributed by atoms with Crippen molar-refractivity contribution in [1.29, 1.82) is 0 Å². The zero-order valence-corrected chi connectivity index (χ0v) is 31.9. The van der Waals surface area contributed by atoms with Gasteiger partial charge in [-0.2, -0.15) is 0 Å². The molecule has 11 heteroatoms. The first-order valence-electron chi connectivity index (χ1n) is 19.6. The van der Waals surface area contributed by atoms with Gasteiger partial charge in [-0.25, -0.2) is 0 Å². The summed E-state index contributed by atoms with van der Waals surface area (Å²) >= 11 is -3.89. The maximum absolute atomic E-state index is 11.6. The average molecular weight is 733 g/mol. The van der Waals surface area contributed by atoms with Crippen molar-refractivity contribution in [3.63, 3.8) is 0 Å². The minimum absolute atomic E-state index is 0.0553. The Kier molecular flexibility index (Phi) is 27.4. The van der Waals surface area contributed by atoms with Crippen LogP contribution in [-0.2, 0) is 36.2 Å². The maximum atomic E-state index is 11.6. The molecule has 2 rings (SSSR count). The second kappa shape index (κ2) is 30.5. The van der Waals surface area contributed by atoms with Gasteiger partial charge in [0.2, 0.25) is 0 Å². The number of benzene rings is 1. The Labute approximate surface area is 303 Å². The van der Waals surface area contributed by atoms with Gasteiger partial charge in [-0.05, 0) is 25.7 Å². The molecule has 0 saturated heterocycles. The van der Waals surface area contributed by atoms with Crippen LogP contribution in [0.25, 0.3) is 0 Å². The molecule has 0 bridgehead atoms. The summed E-state index contributed by atoms with van der Waals surface area (Å²) in [6.45, 7) is 4.54. The molecular formula is C38H68O10Ti. The summed E-state index contributed by atoms with van der Waals surface area (Å²) in [5.74, 6) is 0.983. The first-order chi connectivity index (χ1) is 24.1. The van der Waals surface area contributed by atoms with Crippen LogP contribution in [0.5, 0.6) is 23.0 Å². The number of hydrogen-bond donors (Lipinski definition) is 4. The minimum atomic E-state index is -3.89. The molecule has 1 aromatic carbocycles. The molecule has 1 unspecified atom stereocenters. The fourth-order valence-electron chi connectivity index (χ4n) is 6.13. The Morgan fingerprint density at radius 3 is 1.45 bits per heavy atom. The quantitative estimate of drug-likeness (QED) is 0.0301. The molecule has 0 amide bonds. The Balaban J connectivity index is 1.44. The molecule has 284 valence electrons. The van der Waals surface area contributed by atoms with Gasteiger partial charge in [0.25, 0.3) is 0 Å². The molecule has 0 aromatic heterocycles. The molecule has 10 nitrogen and oxygen atoms in total. The molecule has 1 heterocycles. The van der Waals surface area contributed by atoms with Crippen molar-refractivity contribution in [2.45, 2.75) is 160 Å². The standard InChI is InChI=1S/C38H68O8.H2O.O.Ti/c39-25-17-9-1-2-11-19-27-43-28-20-12-3-4-13-21-29-44-30-22-14-5-6-15-23-31-45-34(24-16-8-7-10-18-26-40)36-33(41)32-35-38(46-35)37(36)42;;;/h32,34,39-42H,1-31H2;1H2;;/q;;;+2/p-2. The van der Waals surface area contributed by atoms with Crippen molar-refractivity contribution >= 4 is 0 Å². The number of aliphatic hydroxyl groups excluding tert-OH is 2. The van der Waals surface area contributed by atoms with Crippen LogP contribution in [0.3, 0.4) is 0 Å². The molecule has 1 aliphatic heterocycles. The molecular weight excluding hydrogens is 664 g/mol. The SMILES string of the molecule is [O]=[Ti]([OH])[O]c1cc2c(c(O)c1C(CCCCCCCO)OCCCCCCCCOCCCCCCCCOCCCCCCCCO)O2. The molecule has 0 fully saturated rings. The van der Waals surface area contributed by atoms with E-state index in [0.29, 0.717) is 36.7 Å². The van der Waals surface area contributed by atoms with E-state index in [1.54, 1.807) is 6.07 Å². The third kappa shape index (κ3) is 22.4. The van der Waals surface area contributed by atoms with Crippen molar-refractivity contribution in [1.82, 2.24) is 0 Å². The molecule has 4 N–H and O–H groups in total. The fraction of sp³-hybridized carbons (Fsp3) is 0.842. The first kappa shape index (κ1) is 44.1. The zero-order valence-electron chi connectivity index (χ0n) is 30.3. The predicted octanol–water partition coefficient (Wildman–Crippen LogP) is 9.10. The molecule has 1 atom stereocenters. The number of aliphatic hydroxyl groups is 2. The summed E-state index contributed by atoms with van der Waals surface area (Å²) in [5, 5.41) is 28.6. The van der Waals surface area contributed by atoms with E-state index >= 15 is 0 Å². The Morgan fingerprint density at radius 2 is 1.00 bits per heavy atom. The molecule has 49 heavy (non-hydrogen) atoms. The van der Waals surface area contributed by atoms with Crippen LogP contribution >= 0.6 is 0 Å². The van der Waals surface area contributed by atoms with E-state index in [4.69, 9.17) is 32.5 Å². The normalized spacial score (nSPS) is 12.6.